The molecular formula is C15H18F2N2O2. The summed E-state index contributed by atoms with van der Waals surface area (Å²) in [6.45, 7) is 3.66. The summed E-state index contributed by atoms with van der Waals surface area (Å²) < 4.78 is 37.5. The number of rotatable bonds is 6. The van der Waals surface area contributed by atoms with E-state index in [1.54, 1.807) is 14.0 Å². The minimum Gasteiger partial charge on any atom is -0.441 e. The number of aryl methyl sites for hydroxylation is 1. The Kier molecular flexibility index (Phi) is 5.03. The average Bonchev–Trinajstić information content (AvgIpc) is 2.80. The van der Waals surface area contributed by atoms with Crippen LogP contribution in [0.25, 0.3) is 11.5 Å². The Balaban J connectivity index is 2.21. The van der Waals surface area contributed by atoms with E-state index >= 15 is 0 Å². The van der Waals surface area contributed by atoms with Crippen LogP contribution in [0.1, 0.15) is 11.5 Å². The van der Waals surface area contributed by atoms with Gasteiger partial charge in [-0.3, -0.25) is 4.90 Å². The van der Waals surface area contributed by atoms with Crippen molar-refractivity contribution in [3.63, 3.8) is 0 Å². The largest absolute Gasteiger partial charge is 0.441 e. The van der Waals surface area contributed by atoms with E-state index in [-0.39, 0.29) is 11.5 Å². The van der Waals surface area contributed by atoms with Crippen LogP contribution in [0.3, 0.4) is 0 Å². The maximum Gasteiger partial charge on any atom is 0.229 e. The molecule has 2 rings (SSSR count). The maximum absolute atomic E-state index is 13.8. The summed E-state index contributed by atoms with van der Waals surface area (Å²) in [6, 6.07) is 3.94. The Hall–Kier alpha value is -1.79. The van der Waals surface area contributed by atoms with Gasteiger partial charge >= 0.3 is 0 Å². The van der Waals surface area contributed by atoms with E-state index in [1.165, 1.54) is 12.1 Å². The first kappa shape index (κ1) is 15.6. The lowest BCUT2D eigenvalue weighted by Gasteiger charge is -2.14. The van der Waals surface area contributed by atoms with Crippen LogP contribution in [0, 0.1) is 18.6 Å². The summed E-state index contributed by atoms with van der Waals surface area (Å²) in [7, 11) is 3.57. The lowest BCUT2D eigenvalue weighted by molar-refractivity contribution is 0.158. The highest BCUT2D eigenvalue weighted by Crippen LogP contribution is 2.26. The number of benzene rings is 1. The van der Waals surface area contributed by atoms with Crippen LogP contribution in [0.4, 0.5) is 8.78 Å². The van der Waals surface area contributed by atoms with Gasteiger partial charge < -0.3 is 9.15 Å². The number of halogens is 2. The zero-order valence-corrected chi connectivity index (χ0v) is 12.3. The standard InChI is InChI=1S/C15H18F2N2O2/c1-10-13(9-19(2)7-8-20-3)18-15(21-10)11-5-4-6-12(16)14(11)17/h4-6H,7-9H2,1-3H3. The number of aromatic nitrogens is 1. The second kappa shape index (κ2) is 6.78. The Morgan fingerprint density at radius 2 is 2.10 bits per heavy atom. The molecule has 1 aromatic heterocycles. The predicted octanol–water partition coefficient (Wildman–Crippen LogP) is 3.01. The lowest BCUT2D eigenvalue weighted by atomic mass is 10.2. The topological polar surface area (TPSA) is 38.5 Å². The van der Waals surface area contributed by atoms with E-state index in [9.17, 15) is 8.78 Å². The van der Waals surface area contributed by atoms with Crippen molar-refractivity contribution < 1.29 is 17.9 Å². The van der Waals surface area contributed by atoms with E-state index in [1.807, 2.05) is 11.9 Å². The Morgan fingerprint density at radius 3 is 2.81 bits per heavy atom. The van der Waals surface area contributed by atoms with E-state index in [0.717, 1.165) is 12.6 Å². The summed E-state index contributed by atoms with van der Waals surface area (Å²) >= 11 is 0. The van der Waals surface area contributed by atoms with Gasteiger partial charge in [-0.25, -0.2) is 13.8 Å². The van der Waals surface area contributed by atoms with E-state index in [4.69, 9.17) is 9.15 Å². The highest BCUT2D eigenvalue weighted by molar-refractivity contribution is 5.54. The van der Waals surface area contributed by atoms with E-state index < -0.39 is 11.6 Å². The molecule has 0 radical (unpaired) electrons. The summed E-state index contributed by atoms with van der Waals surface area (Å²) in [6.07, 6.45) is 0. The van der Waals surface area contributed by atoms with Crippen molar-refractivity contribution in [1.82, 2.24) is 9.88 Å². The zero-order chi connectivity index (χ0) is 15.4. The first-order valence-corrected chi connectivity index (χ1v) is 6.61. The van der Waals surface area contributed by atoms with Gasteiger partial charge in [0.25, 0.3) is 0 Å². The fourth-order valence-corrected chi connectivity index (χ4v) is 1.94. The molecule has 0 bridgehead atoms. The van der Waals surface area contributed by atoms with Gasteiger partial charge in [-0.05, 0) is 26.1 Å². The molecule has 114 valence electrons. The SMILES string of the molecule is COCCN(C)Cc1nc(-c2cccc(F)c2F)oc1C. The normalized spacial score (nSPS) is 11.3. The monoisotopic (exact) mass is 296 g/mol. The molecule has 0 aliphatic carbocycles. The van der Waals surface area contributed by atoms with Gasteiger partial charge in [-0.15, -0.1) is 0 Å². The fraction of sp³-hybridized carbons (Fsp3) is 0.400. The first-order valence-electron chi connectivity index (χ1n) is 6.61. The molecule has 1 heterocycles. The van der Waals surface area contributed by atoms with Crippen molar-refractivity contribution in [2.45, 2.75) is 13.5 Å². The molecule has 0 N–H and O–H groups in total. The molecular weight excluding hydrogens is 278 g/mol. The van der Waals surface area contributed by atoms with Gasteiger partial charge in [0.15, 0.2) is 11.6 Å². The van der Waals surface area contributed by atoms with Crippen molar-refractivity contribution in [2.75, 3.05) is 27.3 Å². The number of hydrogen-bond donors (Lipinski definition) is 0. The van der Waals surface area contributed by atoms with Gasteiger partial charge in [-0.1, -0.05) is 6.07 Å². The van der Waals surface area contributed by atoms with Gasteiger partial charge in [0, 0.05) is 20.2 Å². The predicted molar refractivity (Wildman–Crippen MR) is 74.8 cm³/mol. The highest BCUT2D eigenvalue weighted by Gasteiger charge is 2.17. The first-order chi connectivity index (χ1) is 10.0. The summed E-state index contributed by atoms with van der Waals surface area (Å²) in [4.78, 5) is 6.29. The number of nitrogens with zero attached hydrogens (tertiary/aromatic N) is 2. The molecule has 4 nitrogen and oxygen atoms in total. The molecule has 21 heavy (non-hydrogen) atoms. The van der Waals surface area contributed by atoms with Crippen molar-refractivity contribution >= 4 is 0 Å². The molecule has 0 saturated carbocycles. The maximum atomic E-state index is 13.8. The summed E-state index contributed by atoms with van der Waals surface area (Å²) in [5.74, 6) is -1.17. The molecule has 0 amide bonds. The molecule has 1 aromatic carbocycles. The van der Waals surface area contributed by atoms with Gasteiger partial charge in [-0.2, -0.15) is 0 Å². The van der Waals surface area contributed by atoms with Crippen LogP contribution in [0.15, 0.2) is 22.6 Å². The third-order valence-corrected chi connectivity index (χ3v) is 3.17. The molecule has 0 spiro atoms. The number of methoxy groups -OCH3 is 1. The molecule has 0 atom stereocenters. The minimum atomic E-state index is -0.946. The molecule has 0 unspecified atom stereocenters. The lowest BCUT2D eigenvalue weighted by Crippen LogP contribution is -2.22. The van der Waals surface area contributed by atoms with Crippen LogP contribution in [-0.4, -0.2) is 37.2 Å². The second-order valence-electron chi connectivity index (χ2n) is 4.85. The van der Waals surface area contributed by atoms with Crippen LogP contribution in [0.5, 0.6) is 0 Å². The minimum absolute atomic E-state index is 0.0314. The average molecular weight is 296 g/mol. The van der Waals surface area contributed by atoms with Crippen LogP contribution < -0.4 is 0 Å². The van der Waals surface area contributed by atoms with Gasteiger partial charge in [0.1, 0.15) is 5.76 Å². The van der Waals surface area contributed by atoms with Crippen molar-refractivity contribution in [3.8, 4) is 11.5 Å². The molecule has 0 saturated heterocycles. The van der Waals surface area contributed by atoms with Gasteiger partial charge in [0.2, 0.25) is 5.89 Å². The van der Waals surface area contributed by atoms with Crippen LogP contribution in [0.2, 0.25) is 0 Å². The van der Waals surface area contributed by atoms with Crippen LogP contribution in [-0.2, 0) is 11.3 Å². The van der Waals surface area contributed by atoms with Crippen LogP contribution >= 0.6 is 0 Å². The smallest absolute Gasteiger partial charge is 0.229 e. The number of oxazole rings is 1. The number of hydrogen-bond acceptors (Lipinski definition) is 4. The van der Waals surface area contributed by atoms with Crippen molar-refractivity contribution in [2.24, 2.45) is 0 Å². The third kappa shape index (κ3) is 3.65. The Labute approximate surface area is 122 Å². The molecule has 0 fully saturated rings. The van der Waals surface area contributed by atoms with Crippen molar-refractivity contribution in [1.29, 1.82) is 0 Å². The highest BCUT2D eigenvalue weighted by atomic mass is 19.2. The number of ether oxygens (including phenoxy) is 1. The third-order valence-electron chi connectivity index (χ3n) is 3.17. The quantitative estimate of drug-likeness (QED) is 0.821. The summed E-state index contributed by atoms with van der Waals surface area (Å²) in [5, 5.41) is 0. The zero-order valence-electron chi connectivity index (χ0n) is 12.3. The second-order valence-corrected chi connectivity index (χ2v) is 4.85. The van der Waals surface area contributed by atoms with E-state index in [2.05, 4.69) is 4.98 Å². The number of likely N-dealkylation sites (N-methyl/N-ethyl adjacent to an activating group) is 1. The van der Waals surface area contributed by atoms with Gasteiger partial charge in [0.05, 0.1) is 17.9 Å². The van der Waals surface area contributed by atoms with E-state index in [0.29, 0.717) is 24.6 Å². The Bertz CT molecular complexity index is 614. The fourth-order valence-electron chi connectivity index (χ4n) is 1.94. The molecule has 2 aromatic rings. The summed E-state index contributed by atoms with van der Waals surface area (Å²) in [5.41, 5.74) is 0.733. The van der Waals surface area contributed by atoms with Crippen molar-refractivity contribution in [3.05, 3.63) is 41.3 Å². The Morgan fingerprint density at radius 1 is 1.33 bits per heavy atom. The molecule has 0 aliphatic rings. The molecule has 6 heteroatoms. The molecule has 0 aliphatic heterocycles.